The summed E-state index contributed by atoms with van der Waals surface area (Å²) in [6.07, 6.45) is 9.31. The zero-order chi connectivity index (χ0) is 22.7. The number of halogens is 1. The average Bonchev–Trinajstić information content (AvgIpc) is 2.96. The van der Waals surface area contributed by atoms with Crippen molar-refractivity contribution in [1.82, 2.24) is 14.7 Å². The molecule has 0 N–H and O–H groups in total. The second-order valence-corrected chi connectivity index (χ2v) is 10.7. The van der Waals surface area contributed by atoms with Gasteiger partial charge in [-0.2, -0.15) is 5.10 Å². The van der Waals surface area contributed by atoms with Gasteiger partial charge in [-0.25, -0.2) is 4.79 Å². The van der Waals surface area contributed by atoms with Crippen LogP contribution in [0.25, 0.3) is 11.3 Å². The van der Waals surface area contributed by atoms with Crippen molar-refractivity contribution < 1.29 is 9.53 Å². The SMILES string of the molecule is CC(C)(C)OC(=O)N1CCc2nn(CCC3CCCCC3)c(-c3ccc(Cl)cc3)c2CC1. The molecule has 174 valence electrons. The lowest BCUT2D eigenvalue weighted by Crippen LogP contribution is -2.38. The minimum Gasteiger partial charge on any atom is -0.444 e. The summed E-state index contributed by atoms with van der Waals surface area (Å²) >= 11 is 6.17. The summed E-state index contributed by atoms with van der Waals surface area (Å²) in [5, 5.41) is 5.81. The third kappa shape index (κ3) is 5.67. The summed E-state index contributed by atoms with van der Waals surface area (Å²) in [4.78, 5) is 14.5. The van der Waals surface area contributed by atoms with E-state index in [0.29, 0.717) is 13.1 Å². The van der Waals surface area contributed by atoms with Crippen molar-refractivity contribution in [2.24, 2.45) is 5.92 Å². The van der Waals surface area contributed by atoms with Crippen molar-refractivity contribution in [3.05, 3.63) is 40.5 Å². The zero-order valence-corrected chi connectivity index (χ0v) is 20.5. The van der Waals surface area contributed by atoms with Gasteiger partial charge in [-0.15, -0.1) is 0 Å². The summed E-state index contributed by atoms with van der Waals surface area (Å²) in [6, 6.07) is 8.08. The molecule has 2 aromatic rings. The van der Waals surface area contributed by atoms with Crippen LogP contribution in [-0.2, 0) is 24.1 Å². The van der Waals surface area contributed by atoms with Crippen molar-refractivity contribution in [3.8, 4) is 11.3 Å². The molecule has 0 unspecified atom stereocenters. The second kappa shape index (κ2) is 9.86. The van der Waals surface area contributed by atoms with Crippen LogP contribution in [0.2, 0.25) is 5.02 Å². The molecular weight excluding hydrogens is 422 g/mol. The molecular formula is C26H36ClN3O2. The van der Waals surface area contributed by atoms with E-state index >= 15 is 0 Å². The Kier molecular flexibility index (Phi) is 7.14. The number of ether oxygens (including phenoxy) is 1. The number of benzene rings is 1. The predicted molar refractivity (Wildman–Crippen MR) is 129 cm³/mol. The number of amides is 1. The highest BCUT2D eigenvalue weighted by Gasteiger charge is 2.28. The van der Waals surface area contributed by atoms with Gasteiger partial charge in [-0.1, -0.05) is 55.8 Å². The van der Waals surface area contributed by atoms with Crippen molar-refractivity contribution in [3.63, 3.8) is 0 Å². The van der Waals surface area contributed by atoms with Crippen LogP contribution in [0.4, 0.5) is 4.79 Å². The number of aromatic nitrogens is 2. The lowest BCUT2D eigenvalue weighted by Gasteiger charge is -2.26. The highest BCUT2D eigenvalue weighted by Crippen LogP contribution is 2.32. The normalized spacial score (nSPS) is 17.7. The van der Waals surface area contributed by atoms with E-state index in [4.69, 9.17) is 21.4 Å². The third-order valence-corrected chi connectivity index (χ3v) is 6.88. The molecule has 32 heavy (non-hydrogen) atoms. The van der Waals surface area contributed by atoms with E-state index in [1.807, 2.05) is 37.8 Å². The van der Waals surface area contributed by atoms with Gasteiger partial charge in [0.25, 0.3) is 0 Å². The van der Waals surface area contributed by atoms with Gasteiger partial charge >= 0.3 is 6.09 Å². The molecule has 5 nitrogen and oxygen atoms in total. The summed E-state index contributed by atoms with van der Waals surface area (Å²) in [6.45, 7) is 7.97. The monoisotopic (exact) mass is 457 g/mol. The fourth-order valence-electron chi connectivity index (χ4n) is 4.99. The number of carbonyl (C=O) groups excluding carboxylic acids is 1. The van der Waals surface area contributed by atoms with E-state index in [-0.39, 0.29) is 6.09 Å². The number of hydrogen-bond donors (Lipinski definition) is 0. The molecule has 6 heteroatoms. The molecule has 1 aromatic carbocycles. The molecule has 1 aliphatic heterocycles. The molecule has 0 spiro atoms. The number of hydrogen-bond acceptors (Lipinski definition) is 3. The van der Waals surface area contributed by atoms with Crippen LogP contribution in [0.1, 0.15) is 70.6 Å². The highest BCUT2D eigenvalue weighted by atomic mass is 35.5. The van der Waals surface area contributed by atoms with Gasteiger partial charge in [0.2, 0.25) is 0 Å². The first kappa shape index (κ1) is 23.2. The Morgan fingerprint density at radius 3 is 2.47 bits per heavy atom. The lowest BCUT2D eigenvalue weighted by atomic mass is 9.87. The fourth-order valence-corrected chi connectivity index (χ4v) is 5.12. The first-order valence-corrected chi connectivity index (χ1v) is 12.5. The molecule has 2 heterocycles. The van der Waals surface area contributed by atoms with E-state index in [0.717, 1.165) is 41.6 Å². The molecule has 0 radical (unpaired) electrons. The third-order valence-electron chi connectivity index (χ3n) is 6.63. The predicted octanol–water partition coefficient (Wildman–Crippen LogP) is 6.51. The molecule has 1 aromatic heterocycles. The van der Waals surface area contributed by atoms with Gasteiger partial charge in [0, 0.05) is 42.2 Å². The van der Waals surface area contributed by atoms with Crippen LogP contribution in [0.3, 0.4) is 0 Å². The summed E-state index contributed by atoms with van der Waals surface area (Å²) in [5.41, 5.74) is 4.24. The van der Waals surface area contributed by atoms with Crippen molar-refractivity contribution in [2.75, 3.05) is 13.1 Å². The summed E-state index contributed by atoms with van der Waals surface area (Å²) in [7, 11) is 0. The molecule has 1 amide bonds. The van der Waals surface area contributed by atoms with Crippen molar-refractivity contribution >= 4 is 17.7 Å². The van der Waals surface area contributed by atoms with Gasteiger partial charge in [0.1, 0.15) is 5.60 Å². The molecule has 1 saturated carbocycles. The smallest absolute Gasteiger partial charge is 0.410 e. The quantitative estimate of drug-likeness (QED) is 0.525. The first-order valence-electron chi connectivity index (χ1n) is 12.1. The maximum absolute atomic E-state index is 12.6. The van der Waals surface area contributed by atoms with Crippen LogP contribution in [0, 0.1) is 5.92 Å². The van der Waals surface area contributed by atoms with Crippen molar-refractivity contribution in [1.29, 1.82) is 0 Å². The van der Waals surface area contributed by atoms with Crippen LogP contribution in [-0.4, -0.2) is 39.5 Å². The molecule has 0 atom stereocenters. The Morgan fingerprint density at radius 1 is 1.09 bits per heavy atom. The van der Waals surface area contributed by atoms with Crippen molar-refractivity contribution in [2.45, 2.75) is 84.3 Å². The Bertz CT molecular complexity index is 924. The number of fused-ring (bicyclic) bond motifs is 1. The van der Waals surface area contributed by atoms with Crippen LogP contribution in [0.5, 0.6) is 0 Å². The standard InChI is InChI=1S/C26H36ClN3O2/c1-26(2,3)32-25(31)29-16-14-22-23(15-17-29)28-30(18-13-19-7-5-4-6-8-19)24(22)20-9-11-21(27)12-10-20/h9-12,19H,4-8,13-18H2,1-3H3. The summed E-state index contributed by atoms with van der Waals surface area (Å²) < 4.78 is 7.84. The van der Waals surface area contributed by atoms with Gasteiger partial charge in [-0.3, -0.25) is 4.68 Å². The van der Waals surface area contributed by atoms with E-state index in [1.54, 1.807) is 0 Å². The molecule has 0 saturated heterocycles. The summed E-state index contributed by atoms with van der Waals surface area (Å²) in [5.74, 6) is 0.813. The Morgan fingerprint density at radius 2 is 1.78 bits per heavy atom. The lowest BCUT2D eigenvalue weighted by molar-refractivity contribution is 0.0258. The number of nitrogens with zero attached hydrogens (tertiary/aromatic N) is 3. The van der Waals surface area contributed by atoms with Gasteiger partial charge < -0.3 is 9.64 Å². The maximum Gasteiger partial charge on any atom is 0.410 e. The van der Waals surface area contributed by atoms with Crippen LogP contribution < -0.4 is 0 Å². The fraction of sp³-hybridized carbons (Fsp3) is 0.615. The maximum atomic E-state index is 12.6. The first-order chi connectivity index (χ1) is 15.3. The van der Waals surface area contributed by atoms with Gasteiger partial charge in [0.05, 0.1) is 11.4 Å². The zero-order valence-electron chi connectivity index (χ0n) is 19.7. The van der Waals surface area contributed by atoms with Crippen LogP contribution >= 0.6 is 11.6 Å². The van der Waals surface area contributed by atoms with E-state index in [1.165, 1.54) is 49.8 Å². The molecule has 1 fully saturated rings. The topological polar surface area (TPSA) is 47.4 Å². The van der Waals surface area contributed by atoms with Gasteiger partial charge in [-0.05, 0) is 51.7 Å². The van der Waals surface area contributed by atoms with E-state index in [9.17, 15) is 4.79 Å². The van der Waals surface area contributed by atoms with Crippen LogP contribution in [0.15, 0.2) is 24.3 Å². The number of carbonyl (C=O) groups is 1. The minimum absolute atomic E-state index is 0.235. The average molecular weight is 458 g/mol. The molecule has 2 aliphatic rings. The second-order valence-electron chi connectivity index (χ2n) is 10.3. The Labute approximate surface area is 197 Å². The van der Waals surface area contributed by atoms with E-state index in [2.05, 4.69) is 16.8 Å². The number of aryl methyl sites for hydroxylation is 1. The largest absolute Gasteiger partial charge is 0.444 e. The minimum atomic E-state index is -0.486. The van der Waals surface area contributed by atoms with Gasteiger partial charge in [0.15, 0.2) is 0 Å². The highest BCUT2D eigenvalue weighted by molar-refractivity contribution is 6.30. The molecule has 1 aliphatic carbocycles. The Balaban J connectivity index is 1.57. The molecule has 0 bridgehead atoms. The molecule has 4 rings (SSSR count). The Hall–Kier alpha value is -2.01. The number of rotatable bonds is 4. The van der Waals surface area contributed by atoms with E-state index < -0.39 is 5.60 Å².